The molecule has 0 rings (SSSR count). The van der Waals surface area contributed by atoms with E-state index in [-0.39, 0.29) is 11.6 Å². The highest BCUT2D eigenvalue weighted by molar-refractivity contribution is 5.86. The van der Waals surface area contributed by atoms with E-state index in [2.05, 4.69) is 65.8 Å². The van der Waals surface area contributed by atoms with Crippen molar-refractivity contribution in [2.75, 3.05) is 0 Å². The van der Waals surface area contributed by atoms with Crippen LogP contribution in [0.1, 0.15) is 375 Å². The van der Waals surface area contributed by atoms with Crippen LogP contribution in [-0.4, -0.2) is 29.9 Å². The summed E-state index contributed by atoms with van der Waals surface area (Å²) >= 11 is 0. The molecule has 0 aliphatic heterocycles. The Morgan fingerprint density at radius 1 is 0.284 bits per heavy atom. The molecule has 5 heteroatoms. The fourth-order valence-electron chi connectivity index (χ4n) is 10.5. The highest BCUT2D eigenvalue weighted by Gasteiger charge is 2.28. The van der Waals surface area contributed by atoms with Crippen LogP contribution >= 0.6 is 0 Å². The van der Waals surface area contributed by atoms with E-state index in [0.717, 1.165) is 102 Å². The number of carbonyl (C=O) groups is 3. The van der Waals surface area contributed by atoms with Crippen molar-refractivity contribution in [1.29, 1.82) is 0 Å². The second-order valence-corrected chi connectivity index (χ2v) is 24.1. The third kappa shape index (κ3) is 54.9. The predicted molar refractivity (Wildman–Crippen MR) is 325 cm³/mol. The summed E-state index contributed by atoms with van der Waals surface area (Å²) < 4.78 is 11.9. The summed E-state index contributed by atoms with van der Waals surface area (Å²) in [5, 5.41) is 0. The molecule has 436 valence electrons. The molecule has 0 aromatic heterocycles. The first-order valence-electron chi connectivity index (χ1n) is 33.4. The zero-order valence-corrected chi connectivity index (χ0v) is 50.9. The molecule has 0 fully saturated rings. The van der Waals surface area contributed by atoms with Gasteiger partial charge in [-0.15, -0.1) is 0 Å². The minimum atomic E-state index is -0.821. The Bertz CT molecular complexity index is 1140. The molecule has 0 aromatic carbocycles. The fourth-order valence-corrected chi connectivity index (χ4v) is 10.5. The summed E-state index contributed by atoms with van der Waals surface area (Å²) in [5.74, 6) is 1.69. The molecule has 0 aromatic rings. The minimum Gasteiger partial charge on any atom is -0.423 e. The number of rotatable bonds is 60. The number of hydrogen-bond acceptors (Lipinski definition) is 5. The van der Waals surface area contributed by atoms with Crippen LogP contribution in [0.15, 0.2) is 24.3 Å². The Morgan fingerprint density at radius 3 is 0.757 bits per heavy atom. The Kier molecular flexibility index (Phi) is 57.2. The van der Waals surface area contributed by atoms with Crippen molar-refractivity contribution in [1.82, 2.24) is 0 Å². The monoisotopic (exact) mass is 1040 g/mol. The van der Waals surface area contributed by atoms with Crippen molar-refractivity contribution >= 4 is 17.7 Å². The first-order valence-corrected chi connectivity index (χ1v) is 33.4. The third-order valence-electron chi connectivity index (χ3n) is 15.6. The van der Waals surface area contributed by atoms with Crippen LogP contribution in [-0.2, 0) is 19.1 Å². The number of unbranched alkanes of at least 4 members (excludes halogenated alkanes) is 40. The standard InChI is InChI=1S/C69H130O5/c1-7-9-11-13-15-17-19-21-29-35-41-47-53-59-65(70)67(61-55-49-43-37-31-25-23-27-33-39-45-51-57-63(3)4)73-69(72)74-68(62-56-50-44-38-32-26-24-28-34-40-46-52-58-64(5)6)66(71)60-54-48-42-36-30-22-20-18-16-14-12-10-8-2/h17-20,63-64,67-68H,7-16,21-62H2,1-6H3/b19-17-,20-18-. The quantitative estimate of drug-likeness (QED) is 0.0345. The van der Waals surface area contributed by atoms with Crippen molar-refractivity contribution in [2.45, 2.75) is 388 Å². The van der Waals surface area contributed by atoms with E-state index in [1.807, 2.05) is 0 Å². The summed E-state index contributed by atoms with van der Waals surface area (Å²) in [7, 11) is 0. The number of Topliss-reactive ketones (excluding diaryl/α,β-unsaturated/α-hetero) is 2. The molecular formula is C69H130O5. The lowest BCUT2D eigenvalue weighted by molar-refractivity contribution is -0.133. The second-order valence-electron chi connectivity index (χ2n) is 24.1. The summed E-state index contributed by atoms with van der Waals surface area (Å²) in [6, 6.07) is 0. The van der Waals surface area contributed by atoms with Crippen LogP contribution in [0.3, 0.4) is 0 Å². The van der Waals surface area contributed by atoms with Crippen molar-refractivity contribution in [3.05, 3.63) is 24.3 Å². The van der Waals surface area contributed by atoms with E-state index >= 15 is 0 Å². The third-order valence-corrected chi connectivity index (χ3v) is 15.6. The molecule has 2 atom stereocenters. The molecule has 2 unspecified atom stereocenters. The van der Waals surface area contributed by atoms with Gasteiger partial charge in [-0.2, -0.15) is 0 Å². The smallest absolute Gasteiger partial charge is 0.423 e. The largest absolute Gasteiger partial charge is 0.509 e. The number of allylic oxidation sites excluding steroid dienone is 4. The van der Waals surface area contributed by atoms with Crippen LogP contribution in [0, 0.1) is 11.8 Å². The molecule has 0 aliphatic rings. The minimum absolute atomic E-state index is 0.0177. The Morgan fingerprint density at radius 2 is 0.500 bits per heavy atom. The van der Waals surface area contributed by atoms with Gasteiger partial charge in [0.05, 0.1) is 0 Å². The lowest BCUT2D eigenvalue weighted by Crippen LogP contribution is -2.32. The van der Waals surface area contributed by atoms with E-state index < -0.39 is 18.4 Å². The fraction of sp³-hybridized carbons (Fsp3) is 0.899. The number of carbonyl (C=O) groups excluding carboxylic acids is 3. The van der Waals surface area contributed by atoms with E-state index in [1.165, 1.54) is 218 Å². The van der Waals surface area contributed by atoms with Gasteiger partial charge in [-0.1, -0.05) is 297 Å². The van der Waals surface area contributed by atoms with Gasteiger partial charge in [0.15, 0.2) is 23.8 Å². The van der Waals surface area contributed by atoms with Gasteiger partial charge in [-0.05, 0) is 102 Å². The molecule has 0 saturated heterocycles. The van der Waals surface area contributed by atoms with Crippen LogP contribution in [0.5, 0.6) is 0 Å². The molecule has 0 saturated carbocycles. The van der Waals surface area contributed by atoms with Gasteiger partial charge in [0.1, 0.15) is 0 Å². The zero-order chi connectivity index (χ0) is 54.1. The van der Waals surface area contributed by atoms with Gasteiger partial charge < -0.3 is 9.47 Å². The predicted octanol–water partition coefficient (Wildman–Crippen LogP) is 23.8. The van der Waals surface area contributed by atoms with Crippen molar-refractivity contribution in [3.8, 4) is 0 Å². The van der Waals surface area contributed by atoms with Gasteiger partial charge in [-0.3, -0.25) is 9.59 Å². The Labute approximate surface area is 463 Å². The maximum atomic E-state index is 13.7. The number of hydrogen-bond donors (Lipinski definition) is 0. The molecule has 0 bridgehead atoms. The average Bonchev–Trinajstić information content (AvgIpc) is 3.38. The molecular weight excluding hydrogens is 909 g/mol. The molecule has 0 radical (unpaired) electrons. The van der Waals surface area contributed by atoms with Gasteiger partial charge in [0, 0.05) is 12.8 Å². The molecule has 0 N–H and O–H groups in total. The highest BCUT2D eigenvalue weighted by atomic mass is 16.7. The maximum absolute atomic E-state index is 13.7. The first-order chi connectivity index (χ1) is 36.2. The van der Waals surface area contributed by atoms with Gasteiger partial charge in [0.25, 0.3) is 0 Å². The molecule has 0 amide bonds. The van der Waals surface area contributed by atoms with Crippen LogP contribution in [0.2, 0.25) is 0 Å². The molecule has 0 heterocycles. The van der Waals surface area contributed by atoms with E-state index in [1.54, 1.807) is 0 Å². The normalized spacial score (nSPS) is 12.8. The zero-order valence-electron chi connectivity index (χ0n) is 50.9. The number of ketones is 2. The number of ether oxygens (including phenoxy) is 2. The van der Waals surface area contributed by atoms with Crippen LogP contribution in [0.25, 0.3) is 0 Å². The van der Waals surface area contributed by atoms with Crippen LogP contribution < -0.4 is 0 Å². The van der Waals surface area contributed by atoms with Gasteiger partial charge in [0.2, 0.25) is 0 Å². The molecule has 74 heavy (non-hydrogen) atoms. The molecule has 5 nitrogen and oxygen atoms in total. The SMILES string of the molecule is CCCCCC/C=C\CCCCCCCC(=O)C(CCCCCCCCCCCCCCC(C)C)OC(=O)OC(CCCCCCCCCCCCCCC(C)C)C(=O)CCCCCCC/C=C\CCCCCC. The van der Waals surface area contributed by atoms with Crippen molar-refractivity contribution in [3.63, 3.8) is 0 Å². The van der Waals surface area contributed by atoms with E-state index in [9.17, 15) is 14.4 Å². The lowest BCUT2D eigenvalue weighted by atomic mass is 10.00. The summed E-state index contributed by atoms with van der Waals surface area (Å²) in [6.07, 6.45) is 67.8. The lowest BCUT2D eigenvalue weighted by Gasteiger charge is -2.20. The first kappa shape index (κ1) is 72.1. The Balaban J connectivity index is 5.19. The van der Waals surface area contributed by atoms with E-state index in [4.69, 9.17) is 9.47 Å². The van der Waals surface area contributed by atoms with Crippen molar-refractivity contribution < 1.29 is 23.9 Å². The maximum Gasteiger partial charge on any atom is 0.509 e. The van der Waals surface area contributed by atoms with E-state index in [0.29, 0.717) is 25.7 Å². The summed E-state index contributed by atoms with van der Waals surface area (Å²) in [4.78, 5) is 41.1. The van der Waals surface area contributed by atoms with Crippen molar-refractivity contribution in [2.24, 2.45) is 11.8 Å². The molecule has 0 aliphatic carbocycles. The highest BCUT2D eigenvalue weighted by Crippen LogP contribution is 2.21. The summed E-state index contributed by atoms with van der Waals surface area (Å²) in [6.45, 7) is 13.8. The van der Waals surface area contributed by atoms with Gasteiger partial charge >= 0.3 is 6.16 Å². The molecule has 0 spiro atoms. The van der Waals surface area contributed by atoms with Gasteiger partial charge in [-0.25, -0.2) is 4.79 Å². The second kappa shape index (κ2) is 58.8. The average molecular weight is 1040 g/mol. The van der Waals surface area contributed by atoms with Crippen LogP contribution in [0.4, 0.5) is 4.79 Å². The topological polar surface area (TPSA) is 69.7 Å². The Hall–Kier alpha value is -1.91. The summed E-state index contributed by atoms with van der Waals surface area (Å²) in [5.41, 5.74) is 0.